The van der Waals surface area contributed by atoms with Gasteiger partial charge < -0.3 is 10.4 Å². The summed E-state index contributed by atoms with van der Waals surface area (Å²) in [5.74, 6) is -2.01. The number of nitrogens with one attached hydrogen (secondary N) is 1. The maximum atomic E-state index is 13.0. The largest absolute Gasteiger partial charge is 0.490 e. The summed E-state index contributed by atoms with van der Waals surface area (Å²) in [6.45, 7) is 1.89. The number of nitrogens with zero attached hydrogens (tertiary/aromatic N) is 6. The van der Waals surface area contributed by atoms with Gasteiger partial charge in [-0.2, -0.15) is 18.3 Å². The van der Waals surface area contributed by atoms with Crippen molar-refractivity contribution in [1.29, 1.82) is 0 Å². The lowest BCUT2D eigenvalue weighted by molar-refractivity contribution is -0.192. The molecule has 0 unspecified atom stereocenters. The Labute approximate surface area is 207 Å². The third kappa shape index (κ3) is 5.45. The zero-order valence-corrected chi connectivity index (χ0v) is 19.1. The van der Waals surface area contributed by atoms with Gasteiger partial charge in [0.15, 0.2) is 11.5 Å². The molecule has 0 fully saturated rings. The first-order valence-corrected chi connectivity index (χ1v) is 10.6. The molecule has 1 amide bonds. The average molecular weight is 509 g/mol. The van der Waals surface area contributed by atoms with E-state index < -0.39 is 12.1 Å². The molecule has 37 heavy (non-hydrogen) atoms. The van der Waals surface area contributed by atoms with Crippen LogP contribution >= 0.6 is 0 Å². The number of fused-ring (bicyclic) bond motifs is 1. The molecule has 188 valence electrons. The summed E-state index contributed by atoms with van der Waals surface area (Å²) in [6.07, 6.45) is 3.33. The molecule has 0 saturated carbocycles. The highest BCUT2D eigenvalue weighted by molar-refractivity contribution is 6.07. The number of rotatable bonds is 4. The third-order valence-corrected chi connectivity index (χ3v) is 5.02. The van der Waals surface area contributed by atoms with E-state index in [0.29, 0.717) is 17.2 Å². The number of aryl methyl sites for hydroxylation is 1. The van der Waals surface area contributed by atoms with Gasteiger partial charge in [-0.25, -0.2) is 19.4 Å². The number of pyridine rings is 1. The second kappa shape index (κ2) is 10.3. The Balaban J connectivity index is 0.000000405. The maximum Gasteiger partial charge on any atom is 0.490 e. The number of hydrogen-bond donors (Lipinski definition) is 2. The minimum atomic E-state index is -5.08. The number of imidazole rings is 1. The van der Waals surface area contributed by atoms with Gasteiger partial charge in [-0.05, 0) is 36.8 Å². The molecule has 5 rings (SSSR count). The second-order valence-corrected chi connectivity index (χ2v) is 7.51. The Morgan fingerprint density at radius 1 is 1.00 bits per heavy atom. The number of alkyl halides is 3. The van der Waals surface area contributed by atoms with Crippen molar-refractivity contribution in [3.63, 3.8) is 0 Å². The molecule has 13 heteroatoms. The predicted octanol–water partition coefficient (Wildman–Crippen LogP) is 4.17. The van der Waals surface area contributed by atoms with E-state index in [9.17, 15) is 18.0 Å². The van der Waals surface area contributed by atoms with E-state index in [2.05, 4.69) is 25.4 Å². The van der Waals surface area contributed by atoms with Crippen LogP contribution in [0.25, 0.3) is 22.7 Å². The number of carbonyl (C=O) groups excluding carboxylic acids is 1. The van der Waals surface area contributed by atoms with Crippen molar-refractivity contribution in [2.24, 2.45) is 0 Å². The predicted molar refractivity (Wildman–Crippen MR) is 126 cm³/mol. The number of amides is 1. The van der Waals surface area contributed by atoms with E-state index in [-0.39, 0.29) is 11.6 Å². The molecule has 4 heterocycles. The summed E-state index contributed by atoms with van der Waals surface area (Å²) in [6, 6.07) is 15.3. The minimum Gasteiger partial charge on any atom is -0.475 e. The summed E-state index contributed by atoms with van der Waals surface area (Å²) in [4.78, 5) is 35.0. The van der Waals surface area contributed by atoms with Crippen molar-refractivity contribution in [1.82, 2.24) is 29.1 Å². The summed E-state index contributed by atoms with van der Waals surface area (Å²) in [7, 11) is 0. The van der Waals surface area contributed by atoms with Crippen LogP contribution in [-0.2, 0) is 4.79 Å². The smallest absolute Gasteiger partial charge is 0.475 e. The number of halogens is 3. The molecular weight excluding hydrogens is 491 g/mol. The monoisotopic (exact) mass is 509 g/mol. The van der Waals surface area contributed by atoms with Gasteiger partial charge in [0.1, 0.15) is 11.5 Å². The van der Waals surface area contributed by atoms with Gasteiger partial charge in [0, 0.05) is 18.6 Å². The molecule has 4 aromatic heterocycles. The van der Waals surface area contributed by atoms with E-state index >= 15 is 0 Å². The van der Waals surface area contributed by atoms with E-state index in [1.807, 2.05) is 59.9 Å². The molecule has 10 nitrogen and oxygen atoms in total. The van der Waals surface area contributed by atoms with Crippen LogP contribution in [0.5, 0.6) is 0 Å². The molecule has 0 saturated heterocycles. The number of carboxylic acid groups (broad SMARTS) is 1. The van der Waals surface area contributed by atoms with Gasteiger partial charge >= 0.3 is 12.1 Å². The summed E-state index contributed by atoms with van der Waals surface area (Å²) < 4.78 is 35.4. The fourth-order valence-corrected chi connectivity index (χ4v) is 3.32. The summed E-state index contributed by atoms with van der Waals surface area (Å²) >= 11 is 0. The van der Waals surface area contributed by atoms with Crippen molar-refractivity contribution in [2.75, 3.05) is 5.32 Å². The molecule has 0 atom stereocenters. The van der Waals surface area contributed by atoms with E-state index in [1.54, 1.807) is 35.7 Å². The molecule has 0 aliphatic heterocycles. The molecule has 0 aliphatic carbocycles. The Bertz CT molecular complexity index is 1560. The second-order valence-electron chi connectivity index (χ2n) is 7.51. The number of benzene rings is 1. The number of hydrogen-bond acceptors (Lipinski definition) is 6. The van der Waals surface area contributed by atoms with Crippen LogP contribution in [0.3, 0.4) is 0 Å². The van der Waals surface area contributed by atoms with Gasteiger partial charge in [-0.1, -0.05) is 24.3 Å². The van der Waals surface area contributed by atoms with Gasteiger partial charge in [-0.15, -0.1) is 0 Å². The molecule has 0 spiro atoms. The van der Waals surface area contributed by atoms with Gasteiger partial charge in [0.25, 0.3) is 5.91 Å². The number of para-hydroxylation sites is 1. The quantitative estimate of drug-likeness (QED) is 0.372. The topological polar surface area (TPSA) is 127 Å². The highest BCUT2D eigenvalue weighted by Crippen LogP contribution is 2.25. The fourth-order valence-electron chi connectivity index (χ4n) is 3.32. The number of aliphatic carboxylic acids is 1. The van der Waals surface area contributed by atoms with Crippen LogP contribution < -0.4 is 5.32 Å². The van der Waals surface area contributed by atoms with Crippen LogP contribution in [0.2, 0.25) is 0 Å². The van der Waals surface area contributed by atoms with Gasteiger partial charge in [0.2, 0.25) is 0 Å². The lowest BCUT2D eigenvalue weighted by Crippen LogP contribution is -2.21. The first-order valence-electron chi connectivity index (χ1n) is 10.6. The zero-order valence-electron chi connectivity index (χ0n) is 19.1. The van der Waals surface area contributed by atoms with Crippen LogP contribution in [-0.4, -0.2) is 52.3 Å². The number of carbonyl (C=O) groups is 2. The van der Waals surface area contributed by atoms with Crippen molar-refractivity contribution in [3.05, 3.63) is 90.8 Å². The van der Waals surface area contributed by atoms with Crippen LogP contribution in [0.1, 0.15) is 16.1 Å². The Hall–Kier alpha value is -5.07. The van der Waals surface area contributed by atoms with Crippen molar-refractivity contribution < 1.29 is 27.9 Å². The minimum absolute atomic E-state index is 0.268. The molecule has 0 bridgehead atoms. The molecule has 0 radical (unpaired) electrons. The van der Waals surface area contributed by atoms with E-state index in [1.165, 1.54) is 0 Å². The number of carboxylic acids is 1. The van der Waals surface area contributed by atoms with Crippen molar-refractivity contribution in [2.45, 2.75) is 13.1 Å². The van der Waals surface area contributed by atoms with Crippen molar-refractivity contribution >= 4 is 23.2 Å². The van der Waals surface area contributed by atoms with E-state index in [0.717, 1.165) is 16.9 Å². The Kier molecular flexibility index (Phi) is 6.95. The molecule has 1 aromatic carbocycles. The first kappa shape index (κ1) is 25.0. The summed E-state index contributed by atoms with van der Waals surface area (Å²) in [5, 5.41) is 14.4. The fraction of sp³-hybridized carbons (Fsp3) is 0.0833. The highest BCUT2D eigenvalue weighted by Gasteiger charge is 2.38. The molecule has 2 N–H and O–H groups in total. The average Bonchev–Trinajstić information content (AvgIpc) is 3.51. The molecular formula is C24H18F3N7O3. The third-order valence-electron chi connectivity index (χ3n) is 5.02. The Morgan fingerprint density at radius 3 is 2.41 bits per heavy atom. The molecule has 0 aliphatic rings. The molecule has 5 aromatic rings. The van der Waals surface area contributed by atoms with Gasteiger partial charge in [0.05, 0.1) is 23.6 Å². The van der Waals surface area contributed by atoms with Crippen molar-refractivity contribution in [3.8, 4) is 17.2 Å². The maximum absolute atomic E-state index is 13.0. The lowest BCUT2D eigenvalue weighted by Gasteiger charge is -2.06. The SMILES string of the molecule is Cc1cccnc1NC(=O)c1nc(-c2ccnn2-c2ccccc2)n2ccncc12.O=C(O)C(F)(F)F. The van der Waals surface area contributed by atoms with Crippen LogP contribution in [0.4, 0.5) is 19.0 Å². The normalized spacial score (nSPS) is 11.0. The van der Waals surface area contributed by atoms with Gasteiger partial charge in [-0.3, -0.25) is 14.2 Å². The standard InChI is InChI=1S/C22H17N7O.C2HF3O2/c1-15-6-5-10-24-20(15)27-22(30)19-18-14-23-12-13-28(18)21(26-19)17-9-11-25-29(17)16-7-3-2-4-8-16;3-2(4,5)1(6)7/h2-14H,1H3,(H,24,27,30);(H,6,7). The van der Waals surface area contributed by atoms with E-state index in [4.69, 9.17) is 9.90 Å². The zero-order chi connectivity index (χ0) is 26.6. The number of anilines is 1. The summed E-state index contributed by atoms with van der Waals surface area (Å²) in [5.41, 5.74) is 3.40. The van der Waals surface area contributed by atoms with Crippen LogP contribution in [0.15, 0.2) is 79.5 Å². The Morgan fingerprint density at radius 2 is 1.73 bits per heavy atom. The lowest BCUT2D eigenvalue weighted by atomic mass is 10.3. The van der Waals surface area contributed by atoms with Crippen LogP contribution in [0, 0.1) is 6.92 Å². The first-order chi connectivity index (χ1) is 17.7. The number of aromatic nitrogens is 6. The highest BCUT2D eigenvalue weighted by atomic mass is 19.4.